The van der Waals surface area contributed by atoms with Gasteiger partial charge in [-0.1, -0.05) is 80.4 Å². The van der Waals surface area contributed by atoms with Crippen LogP contribution in [0.5, 0.6) is 0 Å². The van der Waals surface area contributed by atoms with Crippen LogP contribution in [0.1, 0.15) is 50.3 Å². The molecule has 1 atom stereocenters. The fourth-order valence-electron chi connectivity index (χ4n) is 2.88. The molecule has 0 saturated carbocycles. The lowest BCUT2D eigenvalue weighted by Gasteiger charge is -2.24. The van der Waals surface area contributed by atoms with Gasteiger partial charge in [0.25, 0.3) is 0 Å². The highest BCUT2D eigenvalue weighted by atomic mass is 32.1. The molecule has 0 aliphatic rings. The lowest BCUT2D eigenvalue weighted by Crippen LogP contribution is -2.47. The number of esters is 1. The predicted molar refractivity (Wildman–Crippen MR) is 114 cm³/mol. The topological polar surface area (TPSA) is 50.4 Å². The third-order valence-corrected chi connectivity index (χ3v) is 4.50. The zero-order valence-electron chi connectivity index (χ0n) is 16.0. The Morgan fingerprint density at radius 3 is 2.00 bits per heavy atom. The molecule has 0 aliphatic heterocycles. The van der Waals surface area contributed by atoms with Crippen molar-refractivity contribution < 1.29 is 9.53 Å². The van der Waals surface area contributed by atoms with Crippen LogP contribution in [0.25, 0.3) is 0 Å². The molecular weight excluding hydrogens is 356 g/mol. The van der Waals surface area contributed by atoms with E-state index in [2.05, 4.69) is 41.8 Å². The normalized spacial score (nSPS) is 11.7. The summed E-state index contributed by atoms with van der Waals surface area (Å²) in [5, 5.41) is 6.96. The van der Waals surface area contributed by atoms with Crippen LogP contribution in [0, 0.1) is 0 Å². The Morgan fingerprint density at radius 2 is 1.52 bits per heavy atom. The first kappa shape index (κ1) is 20.9. The highest BCUT2D eigenvalue weighted by Crippen LogP contribution is 2.21. The van der Waals surface area contributed by atoms with Crippen molar-refractivity contribution in [1.82, 2.24) is 10.6 Å². The summed E-state index contributed by atoms with van der Waals surface area (Å²) in [6, 6.07) is 19.7. The van der Waals surface area contributed by atoms with Crippen LogP contribution in [0.15, 0.2) is 60.7 Å². The van der Waals surface area contributed by atoms with Crippen LogP contribution in [0.2, 0.25) is 0 Å². The van der Waals surface area contributed by atoms with Crippen molar-refractivity contribution in [2.24, 2.45) is 0 Å². The fraction of sp³-hybridized carbons (Fsp3) is 0.364. The molecule has 2 aromatic carbocycles. The zero-order chi connectivity index (χ0) is 19.5. The number of ether oxygens (including phenoxy) is 1. The molecule has 1 unspecified atom stereocenters. The van der Waals surface area contributed by atoms with E-state index in [1.807, 2.05) is 43.3 Å². The Hall–Kier alpha value is -2.40. The maximum atomic E-state index is 12.2. The number of unbranched alkanes of at least 4 members (excludes halogenated alkanes) is 1. The van der Waals surface area contributed by atoms with Gasteiger partial charge >= 0.3 is 5.97 Å². The second kappa shape index (κ2) is 11.3. The third kappa shape index (κ3) is 6.68. The summed E-state index contributed by atoms with van der Waals surface area (Å²) in [6.45, 7) is 4.27. The number of carbonyl (C=O) groups excluding carboxylic acids is 1. The summed E-state index contributed by atoms with van der Waals surface area (Å²) in [7, 11) is 0. The van der Waals surface area contributed by atoms with E-state index in [-0.39, 0.29) is 12.0 Å². The third-order valence-electron chi connectivity index (χ3n) is 4.26. The smallest absolute Gasteiger partial charge is 0.328 e. The lowest BCUT2D eigenvalue weighted by atomic mass is 9.99. The molecule has 0 aliphatic carbocycles. The summed E-state index contributed by atoms with van der Waals surface area (Å²) in [5.74, 6) is -0.258. The maximum Gasteiger partial charge on any atom is 0.328 e. The Kier molecular flexibility index (Phi) is 8.78. The first-order valence-corrected chi connectivity index (χ1v) is 9.90. The molecule has 4 nitrogen and oxygen atoms in total. The van der Waals surface area contributed by atoms with E-state index in [1.54, 1.807) is 0 Å². The molecule has 0 bridgehead atoms. The average molecular weight is 385 g/mol. The number of hydrogen-bond acceptors (Lipinski definition) is 3. The molecule has 5 heteroatoms. The first-order valence-electron chi connectivity index (χ1n) is 9.49. The van der Waals surface area contributed by atoms with Gasteiger partial charge in [0.15, 0.2) is 5.11 Å². The van der Waals surface area contributed by atoms with E-state index in [1.165, 1.54) is 0 Å². The molecule has 0 radical (unpaired) electrons. The van der Waals surface area contributed by atoms with Crippen molar-refractivity contribution in [1.29, 1.82) is 0 Å². The van der Waals surface area contributed by atoms with Crippen molar-refractivity contribution in [3.05, 3.63) is 71.8 Å². The Labute approximate surface area is 167 Å². The molecule has 144 valence electrons. The van der Waals surface area contributed by atoms with Crippen molar-refractivity contribution in [3.63, 3.8) is 0 Å². The van der Waals surface area contributed by atoms with Crippen molar-refractivity contribution in [2.75, 3.05) is 6.61 Å². The number of benzene rings is 2. The van der Waals surface area contributed by atoms with Gasteiger partial charge in [-0.3, -0.25) is 0 Å². The van der Waals surface area contributed by atoms with E-state index < -0.39 is 6.04 Å². The lowest BCUT2D eigenvalue weighted by molar-refractivity contribution is -0.145. The Balaban J connectivity index is 2.13. The molecule has 2 rings (SSSR count). The van der Waals surface area contributed by atoms with E-state index in [9.17, 15) is 4.79 Å². The molecule has 0 fully saturated rings. The zero-order valence-corrected chi connectivity index (χ0v) is 16.8. The van der Waals surface area contributed by atoms with Crippen molar-refractivity contribution in [3.8, 4) is 0 Å². The second-order valence-corrected chi connectivity index (χ2v) is 6.73. The van der Waals surface area contributed by atoms with E-state index in [0.29, 0.717) is 18.1 Å². The van der Waals surface area contributed by atoms with Gasteiger partial charge in [0.05, 0.1) is 12.6 Å². The van der Waals surface area contributed by atoms with Gasteiger partial charge in [-0.2, -0.15) is 0 Å². The Morgan fingerprint density at radius 1 is 0.963 bits per heavy atom. The van der Waals surface area contributed by atoms with Crippen LogP contribution in [-0.4, -0.2) is 23.7 Å². The fourth-order valence-corrected chi connectivity index (χ4v) is 3.14. The summed E-state index contributed by atoms with van der Waals surface area (Å²) in [6.07, 6.45) is 2.63. The molecule has 0 saturated heterocycles. The van der Waals surface area contributed by atoms with E-state index in [4.69, 9.17) is 17.0 Å². The molecule has 2 N–H and O–H groups in total. The number of thiocarbonyl (C=S) groups is 1. The molecule has 0 heterocycles. The monoisotopic (exact) mass is 384 g/mol. The van der Waals surface area contributed by atoms with Crippen LogP contribution in [-0.2, 0) is 9.53 Å². The van der Waals surface area contributed by atoms with E-state index >= 15 is 0 Å². The quantitative estimate of drug-likeness (QED) is 0.497. The minimum absolute atomic E-state index is 0.0959. The molecule has 27 heavy (non-hydrogen) atoms. The number of rotatable bonds is 9. The largest absolute Gasteiger partial charge is 0.464 e. The van der Waals surface area contributed by atoms with Gasteiger partial charge in [-0.25, -0.2) is 4.79 Å². The Bertz CT molecular complexity index is 667. The minimum Gasteiger partial charge on any atom is -0.464 e. The van der Waals surface area contributed by atoms with Gasteiger partial charge in [0.2, 0.25) is 0 Å². The van der Waals surface area contributed by atoms with Crippen LogP contribution < -0.4 is 10.6 Å². The van der Waals surface area contributed by atoms with Crippen LogP contribution in [0.4, 0.5) is 0 Å². The van der Waals surface area contributed by atoms with Gasteiger partial charge < -0.3 is 15.4 Å². The number of nitrogens with one attached hydrogen (secondary N) is 2. The maximum absolute atomic E-state index is 12.2. The van der Waals surface area contributed by atoms with Gasteiger partial charge in [-0.05, 0) is 36.7 Å². The number of hydrogen-bond donors (Lipinski definition) is 2. The van der Waals surface area contributed by atoms with Crippen molar-refractivity contribution >= 4 is 23.3 Å². The van der Waals surface area contributed by atoms with Gasteiger partial charge in [0, 0.05) is 0 Å². The molecule has 0 aromatic heterocycles. The van der Waals surface area contributed by atoms with Crippen molar-refractivity contribution in [2.45, 2.75) is 45.2 Å². The molecule has 0 spiro atoms. The summed E-state index contributed by atoms with van der Waals surface area (Å²) >= 11 is 5.53. The number of carbonyl (C=O) groups is 1. The summed E-state index contributed by atoms with van der Waals surface area (Å²) < 4.78 is 5.19. The van der Waals surface area contributed by atoms with Gasteiger partial charge in [0.1, 0.15) is 6.04 Å². The second-order valence-electron chi connectivity index (χ2n) is 6.32. The highest BCUT2D eigenvalue weighted by molar-refractivity contribution is 7.80. The predicted octanol–water partition coefficient (Wildman–Crippen LogP) is 4.36. The minimum atomic E-state index is -0.433. The first-order chi connectivity index (χ1) is 13.2. The molecule has 2 aromatic rings. The van der Waals surface area contributed by atoms with Gasteiger partial charge in [-0.15, -0.1) is 0 Å². The summed E-state index contributed by atoms with van der Waals surface area (Å²) in [4.78, 5) is 12.2. The van der Waals surface area contributed by atoms with Crippen LogP contribution >= 0.6 is 12.2 Å². The average Bonchev–Trinajstić information content (AvgIpc) is 2.70. The molecular formula is C22H28N2O2S. The SMILES string of the molecule is CCCCC(NC(=S)NC(c1ccccc1)c1ccccc1)C(=O)OCC. The molecule has 0 amide bonds. The standard InChI is InChI=1S/C22H28N2O2S/c1-3-5-16-19(21(25)26-4-2)23-22(27)24-20(17-12-8-6-9-13-17)18-14-10-7-11-15-18/h6-15,19-20H,3-5,16H2,1-2H3,(H2,23,24,27). The van der Waals surface area contributed by atoms with Crippen LogP contribution in [0.3, 0.4) is 0 Å². The highest BCUT2D eigenvalue weighted by Gasteiger charge is 2.22. The van der Waals surface area contributed by atoms with E-state index in [0.717, 1.165) is 24.0 Å². The summed E-state index contributed by atoms with van der Waals surface area (Å²) in [5.41, 5.74) is 2.21.